The average Bonchev–Trinajstić information content (AvgIpc) is 3.41. The number of nitrogens with two attached hydrogens (primary N) is 1. The highest BCUT2D eigenvalue weighted by atomic mass is 19.3. The van der Waals surface area contributed by atoms with Crippen LogP contribution in [0.3, 0.4) is 0 Å². The molecule has 0 bridgehead atoms. The van der Waals surface area contributed by atoms with Crippen molar-refractivity contribution in [2.75, 3.05) is 47.0 Å². The van der Waals surface area contributed by atoms with Gasteiger partial charge >= 0.3 is 0 Å². The van der Waals surface area contributed by atoms with E-state index in [0.29, 0.717) is 33.9 Å². The molecule has 9 heteroatoms. The van der Waals surface area contributed by atoms with Gasteiger partial charge in [0.05, 0.1) is 17.5 Å². The van der Waals surface area contributed by atoms with Gasteiger partial charge in [-0.1, -0.05) is 0 Å². The van der Waals surface area contributed by atoms with Crippen LogP contribution in [0.5, 0.6) is 0 Å². The summed E-state index contributed by atoms with van der Waals surface area (Å²) in [5, 5.41) is 3.68. The van der Waals surface area contributed by atoms with Crippen molar-refractivity contribution in [1.29, 1.82) is 0 Å². The van der Waals surface area contributed by atoms with Crippen molar-refractivity contribution in [3.63, 3.8) is 0 Å². The lowest BCUT2D eigenvalue weighted by atomic mass is 9.93. The number of anilines is 4. The molecule has 1 saturated carbocycles. The number of fused-ring (bicyclic) bond motifs is 1. The molecule has 184 valence electrons. The van der Waals surface area contributed by atoms with Crippen LogP contribution in [0.4, 0.5) is 31.8 Å². The predicted octanol–water partition coefficient (Wildman–Crippen LogP) is 5.28. The Kier molecular flexibility index (Phi) is 5.12. The summed E-state index contributed by atoms with van der Waals surface area (Å²) < 4.78 is 33.0. The van der Waals surface area contributed by atoms with Gasteiger partial charge in [-0.25, -0.2) is 13.8 Å². The number of nitrogen functional groups attached to an aromatic ring is 1. The third-order valence-corrected chi connectivity index (χ3v) is 7.84. The number of hydrogen-bond donors (Lipinski definition) is 2. The monoisotopic (exact) mass is 481 g/mol. The van der Waals surface area contributed by atoms with Gasteiger partial charge < -0.3 is 25.3 Å². The van der Waals surface area contributed by atoms with Gasteiger partial charge in [0.2, 0.25) is 0 Å². The fraction of sp³-hybridized carbons (Fsp3) is 0.462. The van der Waals surface area contributed by atoms with E-state index in [1.807, 2.05) is 6.07 Å². The molecule has 3 fully saturated rings. The maximum atomic E-state index is 13.7. The summed E-state index contributed by atoms with van der Waals surface area (Å²) in [7, 11) is 0. The number of amides is 1. The van der Waals surface area contributed by atoms with Crippen molar-refractivity contribution in [2.45, 2.75) is 44.4 Å². The van der Waals surface area contributed by atoms with E-state index in [0.717, 1.165) is 37.0 Å². The zero-order chi connectivity index (χ0) is 24.2. The number of nitrogens with zero attached hydrogens (tertiary/aromatic N) is 3. The molecule has 3 N–H and O–H groups in total. The Hall–Kier alpha value is -3.36. The molecule has 3 aliphatic rings. The van der Waals surface area contributed by atoms with Crippen molar-refractivity contribution in [3.05, 3.63) is 42.2 Å². The van der Waals surface area contributed by atoms with Crippen LogP contribution in [0.15, 0.2) is 41.0 Å². The SMILES string of the molecule is Nc1ccc(C(=O)Nc2cc3ccoc3c(N3CCC(F)(F)CC3)n2)c(N2CCC3(CC2)CC3)c1. The molecule has 0 radical (unpaired) electrons. The van der Waals surface area contributed by atoms with Crippen LogP contribution in [-0.2, 0) is 0 Å². The minimum absolute atomic E-state index is 0.172. The van der Waals surface area contributed by atoms with Crippen molar-refractivity contribution in [3.8, 4) is 0 Å². The minimum atomic E-state index is -2.66. The van der Waals surface area contributed by atoms with Crippen LogP contribution in [0.2, 0.25) is 0 Å². The summed E-state index contributed by atoms with van der Waals surface area (Å²) in [5.41, 5.74) is 9.13. The second-order valence-corrected chi connectivity index (χ2v) is 10.2. The molecule has 2 saturated heterocycles. The molecule has 0 atom stereocenters. The zero-order valence-electron chi connectivity index (χ0n) is 19.5. The van der Waals surface area contributed by atoms with Gasteiger partial charge in [0.1, 0.15) is 5.82 Å². The lowest BCUT2D eigenvalue weighted by Crippen LogP contribution is -2.39. The first kappa shape index (κ1) is 22.1. The molecule has 1 spiro atoms. The number of aromatic nitrogens is 1. The highest BCUT2D eigenvalue weighted by Crippen LogP contribution is 2.54. The van der Waals surface area contributed by atoms with Crippen LogP contribution >= 0.6 is 0 Å². The lowest BCUT2D eigenvalue weighted by Gasteiger charge is -2.35. The molecule has 7 nitrogen and oxygen atoms in total. The highest BCUT2D eigenvalue weighted by Gasteiger charge is 2.44. The summed E-state index contributed by atoms with van der Waals surface area (Å²) in [5.74, 6) is -2.11. The normalized spacial score (nSPS) is 20.9. The Bertz CT molecular complexity index is 1270. The third-order valence-electron chi connectivity index (χ3n) is 7.84. The number of benzene rings is 1. The average molecular weight is 482 g/mol. The van der Waals surface area contributed by atoms with E-state index >= 15 is 0 Å². The number of carbonyl (C=O) groups excluding carboxylic acids is 1. The molecule has 4 heterocycles. The number of halogens is 2. The summed E-state index contributed by atoms with van der Waals surface area (Å²) >= 11 is 0. The Morgan fingerprint density at radius 2 is 1.69 bits per heavy atom. The summed E-state index contributed by atoms with van der Waals surface area (Å²) in [4.78, 5) is 22.1. The molecule has 3 aromatic rings. The molecular formula is C26H29F2N5O2. The molecule has 6 rings (SSSR count). The smallest absolute Gasteiger partial charge is 0.258 e. The van der Waals surface area contributed by atoms with Gasteiger partial charge in [0, 0.05) is 50.1 Å². The number of carbonyl (C=O) groups is 1. The number of furan rings is 1. The number of nitrogens with one attached hydrogen (secondary N) is 1. The van der Waals surface area contributed by atoms with E-state index in [-0.39, 0.29) is 31.8 Å². The van der Waals surface area contributed by atoms with E-state index in [4.69, 9.17) is 10.2 Å². The number of pyridine rings is 1. The fourth-order valence-corrected chi connectivity index (χ4v) is 5.37. The highest BCUT2D eigenvalue weighted by molar-refractivity contribution is 6.09. The van der Waals surface area contributed by atoms with Gasteiger partial charge in [-0.3, -0.25) is 4.79 Å². The third kappa shape index (κ3) is 4.28. The molecule has 2 aliphatic heterocycles. The molecule has 1 amide bonds. The first-order chi connectivity index (χ1) is 16.8. The summed E-state index contributed by atoms with van der Waals surface area (Å²) in [6, 6.07) is 8.88. The van der Waals surface area contributed by atoms with Crippen LogP contribution in [0.1, 0.15) is 48.9 Å². The summed E-state index contributed by atoms with van der Waals surface area (Å²) in [6.45, 7) is 2.16. The van der Waals surface area contributed by atoms with Gasteiger partial charge in [-0.2, -0.15) is 0 Å². The predicted molar refractivity (Wildman–Crippen MR) is 132 cm³/mol. The molecule has 0 unspecified atom stereocenters. The second kappa shape index (κ2) is 8.10. The first-order valence-electron chi connectivity index (χ1n) is 12.3. The molecule has 1 aliphatic carbocycles. The van der Waals surface area contributed by atoms with Gasteiger partial charge in [0.25, 0.3) is 11.8 Å². The lowest BCUT2D eigenvalue weighted by molar-refractivity contribution is -0.0221. The van der Waals surface area contributed by atoms with Gasteiger partial charge in [0.15, 0.2) is 11.4 Å². The van der Waals surface area contributed by atoms with Crippen molar-refractivity contribution in [2.24, 2.45) is 5.41 Å². The first-order valence-corrected chi connectivity index (χ1v) is 12.3. The topological polar surface area (TPSA) is 87.6 Å². The number of alkyl halides is 2. The van der Waals surface area contributed by atoms with Crippen LogP contribution < -0.4 is 20.9 Å². The Morgan fingerprint density at radius 3 is 2.40 bits per heavy atom. The van der Waals surface area contributed by atoms with Crippen LogP contribution in [0.25, 0.3) is 11.0 Å². The minimum Gasteiger partial charge on any atom is -0.460 e. The van der Waals surface area contributed by atoms with Gasteiger partial charge in [-0.05, 0) is 61.4 Å². The van der Waals surface area contributed by atoms with Crippen LogP contribution in [-0.4, -0.2) is 43.0 Å². The van der Waals surface area contributed by atoms with E-state index in [9.17, 15) is 13.6 Å². The summed E-state index contributed by atoms with van der Waals surface area (Å²) in [6.07, 6.45) is 5.97. The van der Waals surface area contributed by atoms with Crippen molar-refractivity contribution >= 4 is 39.9 Å². The largest absolute Gasteiger partial charge is 0.460 e. The number of rotatable bonds is 4. The zero-order valence-corrected chi connectivity index (χ0v) is 19.5. The Balaban J connectivity index is 1.27. The standard InChI is InChI=1S/C26H29F2N5O2/c27-26(28)8-12-33(13-9-26)23-22-17(3-14-35-22)15-21(30-23)31-24(34)19-2-1-18(29)16-20(19)32-10-6-25(4-5-25)7-11-32/h1-3,14-16H,4-13,29H2,(H,30,31,34). The number of hydrogen-bond acceptors (Lipinski definition) is 6. The van der Waals surface area contributed by atoms with Crippen molar-refractivity contribution in [1.82, 2.24) is 4.98 Å². The second-order valence-electron chi connectivity index (χ2n) is 10.2. The maximum Gasteiger partial charge on any atom is 0.258 e. The molecule has 2 aromatic heterocycles. The van der Waals surface area contributed by atoms with E-state index in [2.05, 4.69) is 15.2 Å². The van der Waals surface area contributed by atoms with Crippen LogP contribution in [0, 0.1) is 5.41 Å². The van der Waals surface area contributed by atoms with Gasteiger partial charge in [-0.15, -0.1) is 0 Å². The van der Waals surface area contributed by atoms with E-state index in [1.54, 1.807) is 35.4 Å². The number of piperidine rings is 2. The Morgan fingerprint density at radius 1 is 0.971 bits per heavy atom. The maximum absolute atomic E-state index is 13.7. The van der Waals surface area contributed by atoms with E-state index in [1.165, 1.54) is 12.8 Å². The quantitative estimate of drug-likeness (QED) is 0.493. The van der Waals surface area contributed by atoms with Crippen molar-refractivity contribution < 1.29 is 18.0 Å². The fourth-order valence-electron chi connectivity index (χ4n) is 5.37. The molecular weight excluding hydrogens is 452 g/mol. The van der Waals surface area contributed by atoms with E-state index < -0.39 is 5.92 Å². The Labute approximate surface area is 202 Å². The molecule has 1 aromatic carbocycles. The molecule has 35 heavy (non-hydrogen) atoms.